The topological polar surface area (TPSA) is 89.9 Å². The maximum atomic E-state index is 13.7. The Balaban J connectivity index is 0.00000261. The number of halogens is 2. The summed E-state index contributed by atoms with van der Waals surface area (Å²) in [6.45, 7) is 6.03. The van der Waals surface area contributed by atoms with E-state index >= 15 is 0 Å². The molecule has 144 valence electrons. The van der Waals surface area contributed by atoms with Crippen LogP contribution in [0.15, 0.2) is 30.3 Å². The molecule has 0 bridgehead atoms. The largest absolute Gasteiger partial charge is 0.386 e. The number of anilines is 1. The zero-order valence-electron chi connectivity index (χ0n) is 15.5. The summed E-state index contributed by atoms with van der Waals surface area (Å²) in [7, 11) is 0. The highest BCUT2D eigenvalue weighted by Gasteiger charge is 2.17. The number of nitrogens with two attached hydrogens (primary N) is 1. The predicted octanol–water partition coefficient (Wildman–Crippen LogP) is 3.83. The molecule has 8 heteroatoms. The number of fused-ring (bicyclic) bond motifs is 1. The van der Waals surface area contributed by atoms with Crippen LogP contribution >= 0.6 is 12.4 Å². The summed E-state index contributed by atoms with van der Waals surface area (Å²) in [5.74, 6) is 0.912. The second-order valence-corrected chi connectivity index (χ2v) is 6.72. The number of nitrogen functional groups attached to an aromatic ring is 1. The van der Waals surface area contributed by atoms with Crippen molar-refractivity contribution in [1.82, 2.24) is 19.5 Å². The number of rotatable bonds is 5. The molecule has 2 heterocycles. The first-order valence-electron chi connectivity index (χ1n) is 8.50. The van der Waals surface area contributed by atoms with Gasteiger partial charge in [-0.15, -0.1) is 12.4 Å². The molecule has 2 aromatic heterocycles. The van der Waals surface area contributed by atoms with Gasteiger partial charge in [0.15, 0.2) is 22.8 Å². The summed E-state index contributed by atoms with van der Waals surface area (Å²) in [5.41, 5.74) is 6.84. The van der Waals surface area contributed by atoms with Crippen LogP contribution in [-0.4, -0.2) is 30.2 Å². The maximum absolute atomic E-state index is 13.7. The molecule has 3 aromatic rings. The number of aliphatic hydroxyl groups is 1. The SMILES string of the molecule is CCCn1c(-c2cccc(F)c2)nc2c(N)nc(/C=C/C(C)(C)O)nc21.Cl. The van der Waals surface area contributed by atoms with E-state index in [1.807, 2.05) is 11.5 Å². The third kappa shape index (κ3) is 4.61. The van der Waals surface area contributed by atoms with E-state index in [4.69, 9.17) is 5.73 Å². The zero-order valence-corrected chi connectivity index (χ0v) is 16.3. The van der Waals surface area contributed by atoms with Crippen molar-refractivity contribution in [3.63, 3.8) is 0 Å². The van der Waals surface area contributed by atoms with Crippen LogP contribution in [0.4, 0.5) is 10.2 Å². The van der Waals surface area contributed by atoms with Crippen LogP contribution < -0.4 is 5.73 Å². The fourth-order valence-electron chi connectivity index (χ4n) is 2.68. The van der Waals surface area contributed by atoms with Crippen LogP contribution in [0.5, 0.6) is 0 Å². The van der Waals surface area contributed by atoms with Gasteiger partial charge in [0.05, 0.1) is 5.60 Å². The van der Waals surface area contributed by atoms with Gasteiger partial charge in [-0.2, -0.15) is 0 Å². The van der Waals surface area contributed by atoms with Crippen LogP contribution in [0.1, 0.15) is 33.0 Å². The van der Waals surface area contributed by atoms with Crippen molar-refractivity contribution in [2.24, 2.45) is 0 Å². The van der Waals surface area contributed by atoms with Crippen molar-refractivity contribution in [3.8, 4) is 11.4 Å². The van der Waals surface area contributed by atoms with Crippen LogP contribution in [-0.2, 0) is 6.54 Å². The van der Waals surface area contributed by atoms with E-state index in [0.29, 0.717) is 34.9 Å². The number of hydrogen-bond acceptors (Lipinski definition) is 5. The van der Waals surface area contributed by atoms with Crippen LogP contribution in [0.3, 0.4) is 0 Å². The van der Waals surface area contributed by atoms with Gasteiger partial charge in [-0.25, -0.2) is 19.3 Å². The van der Waals surface area contributed by atoms with E-state index in [1.54, 1.807) is 38.1 Å². The predicted molar refractivity (Wildman–Crippen MR) is 108 cm³/mol. The fraction of sp³-hybridized carbons (Fsp3) is 0.316. The smallest absolute Gasteiger partial charge is 0.166 e. The van der Waals surface area contributed by atoms with Crippen LogP contribution in [0, 0.1) is 5.82 Å². The third-order valence-electron chi connectivity index (χ3n) is 3.81. The highest BCUT2D eigenvalue weighted by molar-refractivity contribution is 5.86. The lowest BCUT2D eigenvalue weighted by Crippen LogP contribution is -2.13. The third-order valence-corrected chi connectivity index (χ3v) is 3.81. The Morgan fingerprint density at radius 3 is 2.63 bits per heavy atom. The molecule has 1 aromatic carbocycles. The van der Waals surface area contributed by atoms with Crippen molar-refractivity contribution in [2.75, 3.05) is 5.73 Å². The van der Waals surface area contributed by atoms with Crippen molar-refractivity contribution in [3.05, 3.63) is 42.0 Å². The van der Waals surface area contributed by atoms with E-state index in [2.05, 4.69) is 15.0 Å². The Morgan fingerprint density at radius 2 is 2.00 bits per heavy atom. The molecule has 0 amide bonds. The van der Waals surface area contributed by atoms with Gasteiger partial charge >= 0.3 is 0 Å². The van der Waals surface area contributed by atoms with Gasteiger partial charge in [0.1, 0.15) is 11.6 Å². The lowest BCUT2D eigenvalue weighted by molar-refractivity contribution is 0.134. The van der Waals surface area contributed by atoms with Gasteiger partial charge < -0.3 is 15.4 Å². The second-order valence-electron chi connectivity index (χ2n) is 6.72. The first-order valence-corrected chi connectivity index (χ1v) is 8.50. The van der Waals surface area contributed by atoms with Crippen molar-refractivity contribution < 1.29 is 9.50 Å². The van der Waals surface area contributed by atoms with Crippen molar-refractivity contribution in [2.45, 2.75) is 39.3 Å². The number of imidazole rings is 1. The molecule has 0 spiro atoms. The zero-order chi connectivity index (χ0) is 18.9. The Hall–Kier alpha value is -2.51. The minimum atomic E-state index is -0.983. The van der Waals surface area contributed by atoms with E-state index in [1.165, 1.54) is 12.1 Å². The van der Waals surface area contributed by atoms with E-state index < -0.39 is 5.60 Å². The van der Waals surface area contributed by atoms with Crippen molar-refractivity contribution >= 4 is 35.5 Å². The average Bonchev–Trinajstić information content (AvgIpc) is 2.92. The molecule has 6 nitrogen and oxygen atoms in total. The summed E-state index contributed by atoms with van der Waals surface area (Å²) in [6, 6.07) is 6.28. The van der Waals surface area contributed by atoms with Gasteiger partial charge in [0.25, 0.3) is 0 Å². The molecule has 0 atom stereocenters. The lowest BCUT2D eigenvalue weighted by atomic mass is 10.1. The first-order chi connectivity index (χ1) is 12.3. The molecule has 0 radical (unpaired) electrons. The molecule has 3 rings (SSSR count). The molecule has 0 saturated heterocycles. The molecule has 3 N–H and O–H groups in total. The number of aryl methyl sites for hydroxylation is 1. The number of aromatic nitrogens is 4. The van der Waals surface area contributed by atoms with Gasteiger partial charge in [-0.05, 0) is 44.6 Å². The van der Waals surface area contributed by atoms with Crippen LogP contribution in [0.2, 0.25) is 0 Å². The highest BCUT2D eigenvalue weighted by atomic mass is 35.5. The van der Waals surface area contributed by atoms with Gasteiger partial charge in [0.2, 0.25) is 0 Å². The number of nitrogens with zero attached hydrogens (tertiary/aromatic N) is 4. The molecule has 0 saturated carbocycles. The Morgan fingerprint density at radius 1 is 1.26 bits per heavy atom. The number of hydrogen-bond donors (Lipinski definition) is 2. The fourth-order valence-corrected chi connectivity index (χ4v) is 2.68. The van der Waals surface area contributed by atoms with Gasteiger partial charge in [0, 0.05) is 12.1 Å². The number of benzene rings is 1. The summed E-state index contributed by atoms with van der Waals surface area (Å²) in [5, 5.41) is 9.85. The molecule has 0 aliphatic heterocycles. The standard InChI is InChI=1S/C19H22FN5O.ClH/c1-4-10-25-17(12-6-5-7-13(20)11-12)24-15-16(21)22-14(23-18(15)25)8-9-19(2,3)26;/h5-9,11,26H,4,10H2,1-3H3,(H2,21,22,23);1H/b9-8+;. The summed E-state index contributed by atoms with van der Waals surface area (Å²) >= 11 is 0. The average molecular weight is 392 g/mol. The van der Waals surface area contributed by atoms with E-state index in [9.17, 15) is 9.50 Å². The lowest BCUT2D eigenvalue weighted by Gasteiger charge is -2.10. The molecule has 0 aliphatic carbocycles. The Kier molecular flexibility index (Phi) is 6.18. The maximum Gasteiger partial charge on any atom is 0.166 e. The first kappa shape index (κ1) is 20.8. The monoisotopic (exact) mass is 391 g/mol. The van der Waals surface area contributed by atoms with Crippen LogP contribution in [0.25, 0.3) is 28.6 Å². The molecule has 27 heavy (non-hydrogen) atoms. The van der Waals surface area contributed by atoms with E-state index in [-0.39, 0.29) is 24.0 Å². The summed E-state index contributed by atoms with van der Waals surface area (Å²) in [4.78, 5) is 13.4. The van der Waals surface area contributed by atoms with E-state index in [0.717, 1.165) is 6.42 Å². The Labute approximate surface area is 163 Å². The minimum Gasteiger partial charge on any atom is -0.386 e. The second kappa shape index (κ2) is 8.02. The summed E-state index contributed by atoms with van der Waals surface area (Å²) in [6.07, 6.45) is 4.08. The minimum absolute atomic E-state index is 0. The van der Waals surface area contributed by atoms with Gasteiger partial charge in [-0.1, -0.05) is 19.1 Å². The molecular weight excluding hydrogens is 369 g/mol. The molecule has 0 fully saturated rings. The molecular formula is C19H23ClFN5O. The molecule has 0 aliphatic rings. The highest BCUT2D eigenvalue weighted by Crippen LogP contribution is 2.27. The van der Waals surface area contributed by atoms with Crippen molar-refractivity contribution in [1.29, 1.82) is 0 Å². The van der Waals surface area contributed by atoms with Gasteiger partial charge in [-0.3, -0.25) is 0 Å². The Bertz CT molecular complexity index is 978. The summed E-state index contributed by atoms with van der Waals surface area (Å²) < 4.78 is 15.6. The normalized spacial score (nSPS) is 11.9. The quantitative estimate of drug-likeness (QED) is 0.689. The molecule has 0 unspecified atom stereocenters.